The maximum absolute atomic E-state index is 5.41. The maximum Gasteiger partial charge on any atom is 0.122 e. The van der Waals surface area contributed by atoms with E-state index in [-0.39, 0.29) is 0 Å². The Kier molecular flexibility index (Phi) is 3.82. The molecule has 0 N–H and O–H groups in total. The summed E-state index contributed by atoms with van der Waals surface area (Å²) in [6.07, 6.45) is 3.00. The van der Waals surface area contributed by atoms with Crippen molar-refractivity contribution in [2.24, 2.45) is 4.99 Å². The monoisotopic (exact) mass is 265 g/mol. The number of aryl methyl sites for hydroxylation is 1. The fourth-order valence-corrected chi connectivity index (χ4v) is 2.79. The Balaban J connectivity index is 1.77. The Morgan fingerprint density at radius 2 is 1.80 bits per heavy atom. The van der Waals surface area contributed by atoms with Crippen molar-refractivity contribution < 1.29 is 4.74 Å². The van der Waals surface area contributed by atoms with E-state index in [4.69, 9.17) is 9.73 Å². The van der Waals surface area contributed by atoms with Gasteiger partial charge in [0.2, 0.25) is 0 Å². The minimum Gasteiger partial charge on any atom is -0.496 e. The van der Waals surface area contributed by atoms with Crippen molar-refractivity contribution in [1.82, 2.24) is 0 Å². The minimum atomic E-state index is 0.915. The van der Waals surface area contributed by atoms with Gasteiger partial charge in [0.25, 0.3) is 0 Å². The Hall–Kier alpha value is -2.09. The molecule has 2 nitrogen and oxygen atoms in total. The smallest absolute Gasteiger partial charge is 0.122 e. The van der Waals surface area contributed by atoms with Gasteiger partial charge < -0.3 is 4.74 Å². The first-order valence-electron chi connectivity index (χ1n) is 7.12. The molecule has 0 radical (unpaired) electrons. The summed E-state index contributed by atoms with van der Waals surface area (Å²) >= 11 is 0. The van der Waals surface area contributed by atoms with Crippen LogP contribution in [0, 0.1) is 0 Å². The molecule has 2 heteroatoms. The zero-order valence-electron chi connectivity index (χ0n) is 11.8. The molecule has 1 heterocycles. The van der Waals surface area contributed by atoms with E-state index in [1.807, 2.05) is 12.1 Å². The van der Waals surface area contributed by atoms with Gasteiger partial charge in [0.15, 0.2) is 0 Å². The van der Waals surface area contributed by atoms with E-state index in [9.17, 15) is 0 Å². The zero-order valence-corrected chi connectivity index (χ0v) is 11.8. The lowest BCUT2D eigenvalue weighted by Crippen LogP contribution is -2.13. The normalized spacial score (nSPS) is 13.6. The summed E-state index contributed by atoms with van der Waals surface area (Å²) in [7, 11) is 1.73. The van der Waals surface area contributed by atoms with Crippen LogP contribution in [0.4, 0.5) is 0 Å². The Labute approximate surface area is 120 Å². The first-order valence-corrected chi connectivity index (χ1v) is 7.12. The van der Waals surface area contributed by atoms with Crippen LogP contribution in [0.15, 0.2) is 53.5 Å². The molecule has 1 aliphatic rings. The summed E-state index contributed by atoms with van der Waals surface area (Å²) in [6.45, 7) is 0.915. The predicted molar refractivity (Wildman–Crippen MR) is 82.9 cm³/mol. The molecule has 2 aromatic carbocycles. The number of aliphatic imine (C=N–C) groups is 1. The molecular weight excluding hydrogens is 246 g/mol. The molecule has 0 amide bonds. The molecule has 102 valence electrons. The quantitative estimate of drug-likeness (QED) is 0.826. The number of para-hydroxylation sites is 1. The lowest BCUT2D eigenvalue weighted by Gasteiger charge is -2.17. The highest BCUT2D eigenvalue weighted by atomic mass is 16.5. The highest BCUT2D eigenvalue weighted by molar-refractivity contribution is 6.02. The molecule has 0 spiro atoms. The van der Waals surface area contributed by atoms with Crippen LogP contribution in [-0.4, -0.2) is 19.4 Å². The van der Waals surface area contributed by atoms with Crippen LogP contribution in [0.2, 0.25) is 0 Å². The van der Waals surface area contributed by atoms with Gasteiger partial charge >= 0.3 is 0 Å². The second kappa shape index (κ2) is 5.91. The van der Waals surface area contributed by atoms with Crippen molar-refractivity contribution in [2.45, 2.75) is 19.3 Å². The summed E-state index contributed by atoms with van der Waals surface area (Å²) in [5.41, 5.74) is 5.24. The van der Waals surface area contributed by atoms with E-state index < -0.39 is 0 Å². The largest absolute Gasteiger partial charge is 0.496 e. The van der Waals surface area contributed by atoms with E-state index in [0.717, 1.165) is 31.6 Å². The summed E-state index contributed by atoms with van der Waals surface area (Å²) in [5.74, 6) is 0.970. The molecule has 3 rings (SSSR count). The third-order valence-corrected chi connectivity index (χ3v) is 3.84. The van der Waals surface area contributed by atoms with E-state index in [0.29, 0.717) is 0 Å². The molecule has 2 aromatic rings. The average molecular weight is 265 g/mol. The van der Waals surface area contributed by atoms with Crippen LogP contribution in [0.25, 0.3) is 0 Å². The molecule has 20 heavy (non-hydrogen) atoms. The van der Waals surface area contributed by atoms with E-state index in [1.54, 1.807) is 7.11 Å². The zero-order chi connectivity index (χ0) is 13.8. The Bertz CT molecular complexity index is 631. The molecule has 0 fully saturated rings. The van der Waals surface area contributed by atoms with Gasteiger partial charge in [-0.3, -0.25) is 4.99 Å². The second-order valence-electron chi connectivity index (χ2n) is 5.05. The topological polar surface area (TPSA) is 21.6 Å². The number of hydrogen-bond donors (Lipinski definition) is 0. The predicted octanol–water partition coefficient (Wildman–Crippen LogP) is 3.67. The third-order valence-electron chi connectivity index (χ3n) is 3.84. The van der Waals surface area contributed by atoms with Gasteiger partial charge in [-0.1, -0.05) is 42.5 Å². The molecule has 0 unspecified atom stereocenters. The van der Waals surface area contributed by atoms with Crippen LogP contribution in [0.1, 0.15) is 23.1 Å². The van der Waals surface area contributed by atoms with Crippen molar-refractivity contribution in [1.29, 1.82) is 0 Å². The maximum atomic E-state index is 5.41. The standard InChI is InChI=1S/C18H19NO/c1-20-18-9-5-3-7-15(18)10-11-17-16-8-4-2-6-14(16)12-13-19-17/h2-9H,10-13H2,1H3. The van der Waals surface area contributed by atoms with Gasteiger partial charge in [0.05, 0.1) is 7.11 Å². The van der Waals surface area contributed by atoms with Crippen LogP contribution in [0.5, 0.6) is 5.75 Å². The molecule has 0 bridgehead atoms. The number of hydrogen-bond acceptors (Lipinski definition) is 2. The van der Waals surface area contributed by atoms with Gasteiger partial charge in [-0.25, -0.2) is 0 Å². The SMILES string of the molecule is COc1ccccc1CCC1=NCCc2ccccc21. The summed E-state index contributed by atoms with van der Waals surface area (Å²) in [5, 5.41) is 0. The summed E-state index contributed by atoms with van der Waals surface area (Å²) in [6, 6.07) is 16.8. The van der Waals surface area contributed by atoms with Crippen molar-refractivity contribution in [3.05, 3.63) is 65.2 Å². The van der Waals surface area contributed by atoms with Crippen molar-refractivity contribution in [3.8, 4) is 5.75 Å². The Morgan fingerprint density at radius 3 is 2.70 bits per heavy atom. The molecule has 0 aromatic heterocycles. The molecular formula is C18H19NO. The van der Waals surface area contributed by atoms with Gasteiger partial charge in [0.1, 0.15) is 5.75 Å². The summed E-state index contributed by atoms with van der Waals surface area (Å²) < 4.78 is 5.41. The van der Waals surface area contributed by atoms with Crippen molar-refractivity contribution in [2.75, 3.05) is 13.7 Å². The third kappa shape index (κ3) is 2.60. The summed E-state index contributed by atoms with van der Waals surface area (Å²) in [4.78, 5) is 4.72. The Morgan fingerprint density at radius 1 is 1.00 bits per heavy atom. The van der Waals surface area contributed by atoms with Crippen LogP contribution in [-0.2, 0) is 12.8 Å². The van der Waals surface area contributed by atoms with Crippen LogP contribution >= 0.6 is 0 Å². The van der Waals surface area contributed by atoms with E-state index in [1.165, 1.54) is 22.4 Å². The fraction of sp³-hybridized carbons (Fsp3) is 0.278. The first-order chi connectivity index (χ1) is 9.88. The number of fused-ring (bicyclic) bond motifs is 1. The van der Waals surface area contributed by atoms with Gasteiger partial charge in [-0.15, -0.1) is 0 Å². The van der Waals surface area contributed by atoms with E-state index >= 15 is 0 Å². The van der Waals surface area contributed by atoms with Gasteiger partial charge in [0, 0.05) is 12.3 Å². The first kappa shape index (κ1) is 12.9. The van der Waals surface area contributed by atoms with Crippen LogP contribution in [0.3, 0.4) is 0 Å². The molecule has 1 aliphatic heterocycles. The number of nitrogens with zero attached hydrogens (tertiary/aromatic N) is 1. The van der Waals surface area contributed by atoms with Crippen molar-refractivity contribution >= 4 is 5.71 Å². The van der Waals surface area contributed by atoms with Gasteiger partial charge in [-0.05, 0) is 42.0 Å². The number of ether oxygens (including phenoxy) is 1. The van der Waals surface area contributed by atoms with Crippen molar-refractivity contribution in [3.63, 3.8) is 0 Å². The molecule has 0 saturated heterocycles. The highest BCUT2D eigenvalue weighted by Crippen LogP contribution is 2.22. The molecule has 0 atom stereocenters. The van der Waals surface area contributed by atoms with E-state index in [2.05, 4.69) is 36.4 Å². The lowest BCUT2D eigenvalue weighted by atomic mass is 9.94. The average Bonchev–Trinajstić information content (AvgIpc) is 2.53. The second-order valence-corrected chi connectivity index (χ2v) is 5.05. The fourth-order valence-electron chi connectivity index (χ4n) is 2.79. The molecule has 0 saturated carbocycles. The number of benzene rings is 2. The van der Waals surface area contributed by atoms with Crippen LogP contribution < -0.4 is 4.74 Å². The minimum absolute atomic E-state index is 0.915. The molecule has 0 aliphatic carbocycles. The van der Waals surface area contributed by atoms with Gasteiger partial charge in [-0.2, -0.15) is 0 Å². The number of methoxy groups -OCH3 is 1. The lowest BCUT2D eigenvalue weighted by molar-refractivity contribution is 0.410. The number of rotatable bonds is 4. The highest BCUT2D eigenvalue weighted by Gasteiger charge is 2.13.